The molecule has 0 radical (unpaired) electrons. The topological polar surface area (TPSA) is 51.1 Å². The molecule has 0 atom stereocenters. The Labute approximate surface area is 152 Å². The van der Waals surface area contributed by atoms with Crippen LogP contribution in [0, 0.1) is 0 Å². The molecular formula is C17H11Cl3N2O2. The zero-order chi connectivity index (χ0) is 17.3. The number of nitrogens with zero attached hydrogens (tertiary/aromatic N) is 1. The summed E-state index contributed by atoms with van der Waals surface area (Å²) in [6.45, 7) is 0.0303. The summed E-state index contributed by atoms with van der Waals surface area (Å²) in [6, 6.07) is 11.2. The van der Waals surface area contributed by atoms with E-state index in [0.717, 1.165) is 0 Å². The zero-order valence-electron chi connectivity index (χ0n) is 12.2. The van der Waals surface area contributed by atoms with Gasteiger partial charge >= 0.3 is 0 Å². The van der Waals surface area contributed by atoms with Gasteiger partial charge in [-0.25, -0.2) is 0 Å². The molecule has 24 heavy (non-hydrogen) atoms. The third-order valence-corrected chi connectivity index (χ3v) is 4.07. The molecule has 7 heteroatoms. The number of aromatic nitrogens is 1. The number of hydrogen-bond acceptors (Lipinski definition) is 2. The van der Waals surface area contributed by atoms with Crippen molar-refractivity contribution in [1.82, 2.24) is 4.57 Å². The summed E-state index contributed by atoms with van der Waals surface area (Å²) in [6.07, 6.45) is 1.57. The molecule has 0 bridgehead atoms. The molecule has 0 spiro atoms. The Bertz CT molecular complexity index is 979. The second-order valence-corrected chi connectivity index (χ2v) is 6.48. The third kappa shape index (κ3) is 3.73. The van der Waals surface area contributed by atoms with Gasteiger partial charge < -0.3 is 9.88 Å². The first-order chi connectivity index (χ1) is 11.4. The maximum absolute atomic E-state index is 12.3. The Morgan fingerprint density at radius 2 is 1.67 bits per heavy atom. The Morgan fingerprint density at radius 3 is 2.38 bits per heavy atom. The van der Waals surface area contributed by atoms with E-state index < -0.39 is 0 Å². The highest BCUT2D eigenvalue weighted by Crippen LogP contribution is 2.22. The van der Waals surface area contributed by atoms with Crippen molar-refractivity contribution < 1.29 is 4.79 Å². The van der Waals surface area contributed by atoms with Crippen LogP contribution in [-0.4, -0.2) is 10.5 Å². The number of halogens is 3. The zero-order valence-corrected chi connectivity index (χ0v) is 14.5. The second-order valence-electron chi connectivity index (χ2n) is 5.18. The largest absolute Gasteiger partial charge is 0.338 e. The van der Waals surface area contributed by atoms with Crippen molar-refractivity contribution in [3.05, 3.63) is 74.0 Å². The number of pyridine rings is 1. The molecule has 0 aliphatic rings. The molecule has 1 N–H and O–H groups in total. The van der Waals surface area contributed by atoms with Crippen molar-refractivity contribution in [2.24, 2.45) is 0 Å². The van der Waals surface area contributed by atoms with Crippen LogP contribution < -0.4 is 10.7 Å². The Balaban J connectivity index is 1.88. The van der Waals surface area contributed by atoms with Crippen LogP contribution >= 0.6 is 34.8 Å². The smallest absolute Gasteiger partial charge is 0.244 e. The minimum absolute atomic E-state index is 0.0303. The lowest BCUT2D eigenvalue weighted by Gasteiger charge is -2.11. The lowest BCUT2D eigenvalue weighted by atomic mass is 10.2. The van der Waals surface area contributed by atoms with E-state index in [4.69, 9.17) is 34.8 Å². The summed E-state index contributed by atoms with van der Waals surface area (Å²) in [5.74, 6) is -0.270. The quantitative estimate of drug-likeness (QED) is 0.721. The number of amides is 1. The number of carbonyl (C=O) groups excluding carboxylic acids is 1. The fraction of sp³-hybridized carbons (Fsp3) is 0.0588. The average Bonchev–Trinajstić information content (AvgIpc) is 2.49. The predicted molar refractivity (Wildman–Crippen MR) is 98.3 cm³/mol. The maximum Gasteiger partial charge on any atom is 0.244 e. The van der Waals surface area contributed by atoms with E-state index in [2.05, 4.69) is 5.32 Å². The first-order valence-electron chi connectivity index (χ1n) is 6.97. The first kappa shape index (κ1) is 16.8. The molecule has 0 aliphatic carbocycles. The van der Waals surface area contributed by atoms with Gasteiger partial charge in [-0.3, -0.25) is 9.59 Å². The average molecular weight is 382 g/mol. The molecule has 1 amide bonds. The van der Waals surface area contributed by atoms with Crippen LogP contribution in [0.15, 0.2) is 53.5 Å². The van der Waals surface area contributed by atoms with Crippen LogP contribution in [-0.2, 0) is 11.3 Å². The van der Waals surface area contributed by atoms with E-state index in [1.165, 1.54) is 6.07 Å². The molecule has 1 heterocycles. The molecule has 122 valence electrons. The van der Waals surface area contributed by atoms with Gasteiger partial charge in [0.25, 0.3) is 0 Å². The summed E-state index contributed by atoms with van der Waals surface area (Å²) in [5, 5.41) is 4.52. The van der Waals surface area contributed by atoms with Gasteiger partial charge in [0.15, 0.2) is 5.43 Å². The molecule has 1 aromatic heterocycles. The molecule has 0 aliphatic heterocycles. The highest BCUT2D eigenvalue weighted by molar-refractivity contribution is 6.35. The van der Waals surface area contributed by atoms with Gasteiger partial charge in [0.1, 0.15) is 6.54 Å². The summed E-state index contributed by atoms with van der Waals surface area (Å²) in [4.78, 5) is 24.2. The van der Waals surface area contributed by atoms with Crippen molar-refractivity contribution in [3.8, 4) is 0 Å². The van der Waals surface area contributed by atoms with Crippen molar-refractivity contribution >= 4 is 57.3 Å². The van der Waals surface area contributed by atoms with Crippen molar-refractivity contribution in [2.45, 2.75) is 6.54 Å². The minimum Gasteiger partial charge on any atom is -0.338 e. The van der Waals surface area contributed by atoms with Crippen LogP contribution in [0.4, 0.5) is 5.69 Å². The van der Waals surface area contributed by atoms with E-state index >= 15 is 0 Å². The molecule has 3 aromatic rings. The number of anilines is 1. The minimum atomic E-state index is -0.270. The number of fused-ring (bicyclic) bond motifs is 1. The Morgan fingerprint density at radius 1 is 0.958 bits per heavy atom. The SMILES string of the molecule is O=C(Cn1ccc(=O)c2cc(Cl)ccc21)Nc1cc(Cl)cc(Cl)c1. The van der Waals surface area contributed by atoms with Crippen molar-refractivity contribution in [3.63, 3.8) is 0 Å². The number of carbonyl (C=O) groups is 1. The second kappa shape index (κ2) is 6.85. The summed E-state index contributed by atoms with van der Waals surface area (Å²) in [5.41, 5.74) is 0.989. The summed E-state index contributed by atoms with van der Waals surface area (Å²) in [7, 11) is 0. The van der Waals surface area contributed by atoms with Crippen LogP contribution in [0.2, 0.25) is 15.1 Å². The molecular weight excluding hydrogens is 371 g/mol. The Hall–Kier alpha value is -2.01. The van der Waals surface area contributed by atoms with Gasteiger partial charge in [0.05, 0.1) is 5.52 Å². The molecule has 0 saturated heterocycles. The lowest BCUT2D eigenvalue weighted by molar-refractivity contribution is -0.116. The summed E-state index contributed by atoms with van der Waals surface area (Å²) < 4.78 is 1.68. The highest BCUT2D eigenvalue weighted by Gasteiger charge is 2.09. The van der Waals surface area contributed by atoms with Gasteiger partial charge in [0.2, 0.25) is 5.91 Å². The molecule has 0 fully saturated rings. The van der Waals surface area contributed by atoms with E-state index in [1.807, 2.05) is 0 Å². The Kier molecular flexibility index (Phi) is 4.81. The van der Waals surface area contributed by atoms with Crippen molar-refractivity contribution in [2.75, 3.05) is 5.32 Å². The number of benzene rings is 2. The lowest BCUT2D eigenvalue weighted by Crippen LogP contribution is -2.20. The summed E-state index contributed by atoms with van der Waals surface area (Å²) >= 11 is 17.8. The highest BCUT2D eigenvalue weighted by atomic mass is 35.5. The van der Waals surface area contributed by atoms with Crippen LogP contribution in [0.25, 0.3) is 10.9 Å². The normalized spacial score (nSPS) is 10.8. The first-order valence-corrected chi connectivity index (χ1v) is 8.10. The van der Waals surface area contributed by atoms with E-state index in [1.54, 1.807) is 47.2 Å². The number of nitrogens with one attached hydrogen (secondary N) is 1. The van der Waals surface area contributed by atoms with E-state index in [9.17, 15) is 9.59 Å². The van der Waals surface area contributed by atoms with Crippen molar-refractivity contribution in [1.29, 1.82) is 0 Å². The fourth-order valence-corrected chi connectivity index (χ4v) is 3.10. The van der Waals surface area contributed by atoms with Gasteiger partial charge in [0, 0.05) is 38.4 Å². The monoisotopic (exact) mass is 380 g/mol. The third-order valence-electron chi connectivity index (χ3n) is 3.40. The maximum atomic E-state index is 12.3. The predicted octanol–water partition coefficient (Wildman–Crippen LogP) is 4.60. The molecule has 0 unspecified atom stereocenters. The van der Waals surface area contributed by atoms with Gasteiger partial charge in [-0.2, -0.15) is 0 Å². The fourth-order valence-electron chi connectivity index (χ4n) is 2.40. The number of rotatable bonds is 3. The molecule has 0 saturated carbocycles. The standard InChI is InChI=1S/C17H11Cl3N2O2/c18-10-1-2-15-14(8-10)16(23)3-4-22(15)9-17(24)21-13-6-11(19)5-12(20)7-13/h1-8H,9H2,(H,21,24). The van der Waals surface area contributed by atoms with Crippen LogP contribution in [0.3, 0.4) is 0 Å². The molecule has 4 nitrogen and oxygen atoms in total. The van der Waals surface area contributed by atoms with Gasteiger partial charge in [-0.05, 0) is 36.4 Å². The molecule has 3 rings (SSSR count). The van der Waals surface area contributed by atoms with Gasteiger partial charge in [-0.15, -0.1) is 0 Å². The van der Waals surface area contributed by atoms with Crippen LogP contribution in [0.1, 0.15) is 0 Å². The van der Waals surface area contributed by atoms with E-state index in [-0.39, 0.29) is 17.9 Å². The number of hydrogen-bond donors (Lipinski definition) is 1. The van der Waals surface area contributed by atoms with Crippen LogP contribution in [0.5, 0.6) is 0 Å². The van der Waals surface area contributed by atoms with E-state index in [0.29, 0.717) is 31.7 Å². The molecule has 2 aromatic carbocycles. The van der Waals surface area contributed by atoms with Gasteiger partial charge in [-0.1, -0.05) is 34.8 Å².